The number of fused-ring (bicyclic) bond motifs is 1. The van der Waals surface area contributed by atoms with E-state index in [0.29, 0.717) is 31.7 Å². The van der Waals surface area contributed by atoms with Gasteiger partial charge in [-0.2, -0.15) is 22.4 Å². The molecule has 2 N–H and O–H groups in total. The summed E-state index contributed by atoms with van der Waals surface area (Å²) >= 11 is 0.958. The maximum absolute atomic E-state index is 13.8. The average Bonchev–Trinajstić information content (AvgIpc) is 3.10. The number of carbonyl (C=O) groups excluding carboxylic acids is 2. The van der Waals surface area contributed by atoms with Crippen LogP contribution in [0.1, 0.15) is 65.2 Å². The first-order chi connectivity index (χ1) is 15.5. The van der Waals surface area contributed by atoms with Gasteiger partial charge in [-0.3, -0.25) is 13.9 Å². The van der Waals surface area contributed by atoms with Gasteiger partial charge in [-0.05, 0) is 36.8 Å². The van der Waals surface area contributed by atoms with Crippen molar-refractivity contribution in [2.45, 2.75) is 51.7 Å². The molecule has 178 valence electrons. The van der Waals surface area contributed by atoms with Crippen molar-refractivity contribution in [2.75, 3.05) is 17.5 Å². The molecule has 0 saturated carbocycles. The average molecular weight is 483 g/mol. The van der Waals surface area contributed by atoms with E-state index in [-0.39, 0.29) is 35.7 Å². The second-order valence-electron chi connectivity index (χ2n) is 9.11. The Morgan fingerprint density at radius 1 is 1.24 bits per heavy atom. The second kappa shape index (κ2) is 8.68. The summed E-state index contributed by atoms with van der Waals surface area (Å²) in [6.07, 6.45) is -3.25. The maximum Gasteiger partial charge on any atom is 0.435 e. The molecule has 1 aromatic heterocycles. The normalized spacial score (nSPS) is 18.8. The lowest BCUT2D eigenvalue weighted by Gasteiger charge is -2.36. The van der Waals surface area contributed by atoms with Gasteiger partial charge in [0.05, 0.1) is 34.6 Å². The number of rotatable bonds is 5. The van der Waals surface area contributed by atoms with Crippen LogP contribution in [0, 0.1) is 5.41 Å². The molecule has 1 saturated heterocycles. The molecule has 4 rings (SSSR count). The van der Waals surface area contributed by atoms with Crippen LogP contribution in [0.25, 0.3) is 0 Å². The standard InChI is InChI=1S/C22H25F3N4O3S/c1-21(2)11-16-18(17(30)12-21)19(22(23,24)25)27-29(16)33-28(13-7-9-32-10-8-13)15-6-4-3-5-14(15)20(26)31/h3-6,13H,7-12H2,1-2H3,(H2,26,31). The number of ether oxygens (including phenoxy) is 1. The Morgan fingerprint density at radius 2 is 1.91 bits per heavy atom. The number of carbonyl (C=O) groups is 2. The first-order valence-electron chi connectivity index (χ1n) is 10.6. The maximum atomic E-state index is 13.8. The first kappa shape index (κ1) is 23.6. The molecule has 33 heavy (non-hydrogen) atoms. The van der Waals surface area contributed by atoms with Crippen molar-refractivity contribution in [1.82, 2.24) is 9.19 Å². The predicted molar refractivity (Wildman–Crippen MR) is 118 cm³/mol. The minimum Gasteiger partial charge on any atom is -0.381 e. The van der Waals surface area contributed by atoms with E-state index in [9.17, 15) is 22.8 Å². The highest BCUT2D eigenvalue weighted by Crippen LogP contribution is 2.43. The molecular formula is C22H25F3N4O3S. The van der Waals surface area contributed by atoms with Gasteiger partial charge >= 0.3 is 6.18 Å². The lowest BCUT2D eigenvalue weighted by molar-refractivity contribution is -0.141. The minimum atomic E-state index is -4.76. The first-order valence-corrected chi connectivity index (χ1v) is 11.4. The molecule has 1 fully saturated rings. The van der Waals surface area contributed by atoms with Crippen LogP contribution in [-0.4, -0.2) is 40.1 Å². The number of nitrogens with two attached hydrogens (primary N) is 1. The Morgan fingerprint density at radius 3 is 2.55 bits per heavy atom. The van der Waals surface area contributed by atoms with Gasteiger partial charge in [0.2, 0.25) is 0 Å². The van der Waals surface area contributed by atoms with Gasteiger partial charge in [-0.15, -0.1) is 0 Å². The minimum absolute atomic E-state index is 0.0215. The van der Waals surface area contributed by atoms with Gasteiger partial charge in [0.15, 0.2) is 11.5 Å². The Hall–Kier alpha value is -2.53. The number of benzene rings is 1. The second-order valence-corrected chi connectivity index (χ2v) is 10.0. The zero-order valence-corrected chi connectivity index (χ0v) is 19.1. The van der Waals surface area contributed by atoms with E-state index in [0.717, 1.165) is 12.1 Å². The fraction of sp³-hybridized carbons (Fsp3) is 0.500. The van der Waals surface area contributed by atoms with Gasteiger partial charge in [0.1, 0.15) is 0 Å². The van der Waals surface area contributed by atoms with Gasteiger partial charge < -0.3 is 10.5 Å². The van der Waals surface area contributed by atoms with E-state index in [2.05, 4.69) is 5.10 Å². The predicted octanol–water partition coefficient (Wildman–Crippen LogP) is 4.25. The van der Waals surface area contributed by atoms with Crippen LogP contribution >= 0.6 is 12.1 Å². The third-order valence-electron chi connectivity index (χ3n) is 5.87. The lowest BCUT2D eigenvalue weighted by atomic mass is 9.75. The molecule has 0 radical (unpaired) electrons. The quantitative estimate of drug-likeness (QED) is 0.641. The van der Waals surface area contributed by atoms with Gasteiger partial charge in [-0.1, -0.05) is 26.0 Å². The van der Waals surface area contributed by atoms with Crippen LogP contribution < -0.4 is 10.0 Å². The van der Waals surface area contributed by atoms with Crippen molar-refractivity contribution in [3.05, 3.63) is 46.8 Å². The molecule has 1 amide bonds. The highest BCUT2D eigenvalue weighted by molar-refractivity contribution is 7.99. The van der Waals surface area contributed by atoms with Gasteiger partial charge in [0.25, 0.3) is 5.91 Å². The highest BCUT2D eigenvalue weighted by atomic mass is 32.2. The summed E-state index contributed by atoms with van der Waals surface area (Å²) in [4.78, 5) is 24.8. The van der Waals surface area contributed by atoms with Crippen molar-refractivity contribution in [1.29, 1.82) is 0 Å². The Bertz CT molecular complexity index is 1080. The number of Topliss-reactive ketones (excluding diaryl/α,β-unsaturated/α-hetero) is 1. The summed E-state index contributed by atoms with van der Waals surface area (Å²) in [5.41, 5.74) is 4.54. The number of ketones is 1. The van der Waals surface area contributed by atoms with Crippen LogP contribution in [0.5, 0.6) is 0 Å². The van der Waals surface area contributed by atoms with Crippen LogP contribution in [0.4, 0.5) is 18.9 Å². The van der Waals surface area contributed by atoms with Crippen LogP contribution in [0.3, 0.4) is 0 Å². The number of anilines is 1. The van der Waals surface area contributed by atoms with Crippen LogP contribution in [-0.2, 0) is 17.3 Å². The van der Waals surface area contributed by atoms with Crippen molar-refractivity contribution in [3.8, 4) is 0 Å². The van der Waals surface area contributed by atoms with E-state index >= 15 is 0 Å². The van der Waals surface area contributed by atoms with E-state index in [1.165, 1.54) is 4.09 Å². The molecule has 1 aromatic carbocycles. The van der Waals surface area contributed by atoms with Crippen molar-refractivity contribution < 1.29 is 27.5 Å². The zero-order valence-electron chi connectivity index (χ0n) is 18.3. The largest absolute Gasteiger partial charge is 0.435 e. The molecule has 0 bridgehead atoms. The monoisotopic (exact) mass is 482 g/mol. The third kappa shape index (κ3) is 4.74. The Balaban J connectivity index is 1.83. The fourth-order valence-corrected chi connectivity index (χ4v) is 5.50. The molecule has 0 spiro atoms. The molecule has 0 unspecified atom stereocenters. The lowest BCUT2D eigenvalue weighted by Crippen LogP contribution is -2.37. The van der Waals surface area contributed by atoms with Crippen LogP contribution in [0.15, 0.2) is 24.3 Å². The van der Waals surface area contributed by atoms with Gasteiger partial charge in [-0.25, -0.2) is 0 Å². The smallest absolute Gasteiger partial charge is 0.381 e. The van der Waals surface area contributed by atoms with Gasteiger partial charge in [0, 0.05) is 25.7 Å². The molecule has 7 nitrogen and oxygen atoms in total. The molecule has 2 heterocycles. The Kier molecular flexibility index (Phi) is 6.21. The van der Waals surface area contributed by atoms with E-state index in [4.69, 9.17) is 10.5 Å². The molecule has 2 aliphatic rings. The summed E-state index contributed by atoms with van der Waals surface area (Å²) in [6, 6.07) is 6.57. The zero-order chi connectivity index (χ0) is 24.0. The number of alkyl halides is 3. The molecular weight excluding hydrogens is 457 g/mol. The topological polar surface area (TPSA) is 90.5 Å². The van der Waals surface area contributed by atoms with E-state index < -0.39 is 29.0 Å². The number of hydrogen-bond acceptors (Lipinski definition) is 6. The molecule has 11 heteroatoms. The molecule has 2 aromatic rings. The summed E-state index contributed by atoms with van der Waals surface area (Å²) in [7, 11) is 0. The number of primary amides is 1. The summed E-state index contributed by atoms with van der Waals surface area (Å²) in [5.74, 6) is -1.20. The molecule has 1 aliphatic carbocycles. The molecule has 0 atom stereocenters. The van der Waals surface area contributed by atoms with Crippen molar-refractivity contribution in [2.24, 2.45) is 11.1 Å². The van der Waals surface area contributed by atoms with Crippen molar-refractivity contribution >= 4 is 29.5 Å². The fourth-order valence-electron chi connectivity index (χ4n) is 4.37. The molecule has 1 aliphatic heterocycles. The van der Waals surface area contributed by atoms with E-state index in [1.54, 1.807) is 28.6 Å². The third-order valence-corrected chi connectivity index (χ3v) is 7.00. The van der Waals surface area contributed by atoms with Crippen LogP contribution in [0.2, 0.25) is 0 Å². The number of hydrogen-bond donors (Lipinski definition) is 1. The number of para-hydroxylation sites is 1. The number of amides is 1. The highest BCUT2D eigenvalue weighted by Gasteiger charge is 2.46. The SMILES string of the molecule is CC1(C)CC(=O)c2c(C(F)(F)F)nn(SN(c3ccccc3C(N)=O)C3CCOCC3)c2C1. The Labute approximate surface area is 193 Å². The number of aromatic nitrogens is 2. The van der Waals surface area contributed by atoms with E-state index in [1.807, 2.05) is 13.8 Å². The number of nitrogens with zero attached hydrogens (tertiary/aromatic N) is 3. The summed E-state index contributed by atoms with van der Waals surface area (Å²) in [5, 5.41) is 3.86. The van der Waals surface area contributed by atoms with Crippen molar-refractivity contribution in [3.63, 3.8) is 0 Å². The number of halogens is 3. The summed E-state index contributed by atoms with van der Waals surface area (Å²) in [6.45, 7) is 4.66. The summed E-state index contributed by atoms with van der Waals surface area (Å²) < 4.78 is 49.9.